The third-order valence-corrected chi connectivity index (χ3v) is 2.50. The van der Waals surface area contributed by atoms with E-state index in [-0.39, 0.29) is 11.9 Å². The number of hydrogen-bond donors (Lipinski definition) is 0. The lowest BCUT2D eigenvalue weighted by Gasteiger charge is -2.09. The molecule has 15 heavy (non-hydrogen) atoms. The molecule has 1 aromatic carbocycles. The summed E-state index contributed by atoms with van der Waals surface area (Å²) in [5.41, 5.74) is 2.22. The van der Waals surface area contributed by atoms with Gasteiger partial charge in [0.25, 0.3) is 0 Å². The van der Waals surface area contributed by atoms with Crippen LogP contribution >= 0.6 is 0 Å². The lowest BCUT2D eigenvalue weighted by atomic mass is 10.0. The quantitative estimate of drug-likeness (QED) is 0.713. The molecule has 0 aromatic heterocycles. The number of hydrogen-bond acceptors (Lipinski definition) is 1. The number of halogens is 1. The van der Waals surface area contributed by atoms with Crippen molar-refractivity contribution >= 4 is 6.21 Å². The van der Waals surface area contributed by atoms with E-state index in [1.165, 1.54) is 12.1 Å². The van der Waals surface area contributed by atoms with Crippen LogP contribution in [0, 0.1) is 5.82 Å². The van der Waals surface area contributed by atoms with Crippen molar-refractivity contribution in [3.63, 3.8) is 0 Å². The van der Waals surface area contributed by atoms with E-state index in [0.29, 0.717) is 0 Å². The molecule has 1 unspecified atom stereocenters. The van der Waals surface area contributed by atoms with Gasteiger partial charge in [0.15, 0.2) is 0 Å². The molecule has 2 rings (SSSR count). The largest absolute Gasteiger partial charge is 0.285 e. The average Bonchev–Trinajstić information content (AvgIpc) is 2.69. The fourth-order valence-corrected chi connectivity index (χ4v) is 1.65. The molecule has 0 amide bonds. The number of rotatable bonds is 3. The van der Waals surface area contributed by atoms with Crippen LogP contribution < -0.4 is 0 Å². The van der Waals surface area contributed by atoms with Crippen LogP contribution in [0.4, 0.5) is 4.39 Å². The van der Waals surface area contributed by atoms with Crippen molar-refractivity contribution < 1.29 is 4.39 Å². The van der Waals surface area contributed by atoms with Gasteiger partial charge in [-0.2, -0.15) is 0 Å². The second-order valence-corrected chi connectivity index (χ2v) is 3.52. The number of nitrogens with zero attached hydrogens (tertiary/aromatic N) is 1. The minimum Gasteiger partial charge on any atom is -0.285 e. The first kappa shape index (κ1) is 9.84. The highest BCUT2D eigenvalue weighted by Gasteiger charge is 2.13. The van der Waals surface area contributed by atoms with Crippen molar-refractivity contribution in [2.45, 2.75) is 12.5 Å². The Bertz CT molecular complexity index is 415. The summed E-state index contributed by atoms with van der Waals surface area (Å²) in [5, 5.41) is 0. The van der Waals surface area contributed by atoms with Crippen molar-refractivity contribution in [2.75, 3.05) is 0 Å². The summed E-state index contributed by atoms with van der Waals surface area (Å²) >= 11 is 0. The fourth-order valence-electron chi connectivity index (χ4n) is 1.65. The first-order chi connectivity index (χ1) is 7.29. The maximum Gasteiger partial charge on any atom is 0.123 e. The Kier molecular flexibility index (Phi) is 2.77. The highest BCUT2D eigenvalue weighted by molar-refractivity contribution is 5.77. The Hall–Kier alpha value is -1.70. The van der Waals surface area contributed by atoms with Crippen LogP contribution in [0.3, 0.4) is 0 Å². The van der Waals surface area contributed by atoms with Gasteiger partial charge in [0.1, 0.15) is 5.82 Å². The molecule has 0 fully saturated rings. The molecule has 1 aromatic rings. The zero-order valence-corrected chi connectivity index (χ0v) is 8.36. The lowest BCUT2D eigenvalue weighted by molar-refractivity contribution is 0.626. The van der Waals surface area contributed by atoms with Gasteiger partial charge in [-0.3, -0.25) is 4.99 Å². The standard InChI is InChI=1S/C13H12FN/c1-2-11-7-8-15-13(11)9-10-3-5-12(14)6-4-10/h2-8,13H,1,9H2. The van der Waals surface area contributed by atoms with Gasteiger partial charge in [0, 0.05) is 6.21 Å². The number of benzene rings is 1. The summed E-state index contributed by atoms with van der Waals surface area (Å²) in [7, 11) is 0. The highest BCUT2D eigenvalue weighted by atomic mass is 19.1. The van der Waals surface area contributed by atoms with E-state index >= 15 is 0 Å². The molecule has 1 aliphatic rings. The molecule has 1 atom stereocenters. The van der Waals surface area contributed by atoms with Crippen LogP contribution in [0.2, 0.25) is 0 Å². The van der Waals surface area contributed by atoms with Crippen molar-refractivity contribution in [1.82, 2.24) is 0 Å². The Balaban J connectivity index is 2.09. The topological polar surface area (TPSA) is 12.4 Å². The summed E-state index contributed by atoms with van der Waals surface area (Å²) < 4.78 is 12.7. The Labute approximate surface area is 88.7 Å². The molecule has 1 aliphatic heterocycles. The van der Waals surface area contributed by atoms with Crippen molar-refractivity contribution in [3.8, 4) is 0 Å². The van der Waals surface area contributed by atoms with Gasteiger partial charge in [-0.05, 0) is 35.8 Å². The molecule has 76 valence electrons. The molecule has 0 radical (unpaired) electrons. The second-order valence-electron chi connectivity index (χ2n) is 3.52. The van der Waals surface area contributed by atoms with E-state index in [1.807, 2.05) is 12.2 Å². The molecule has 0 N–H and O–H groups in total. The van der Waals surface area contributed by atoms with Gasteiger partial charge in [-0.1, -0.05) is 24.8 Å². The maximum atomic E-state index is 12.7. The number of allylic oxidation sites excluding steroid dienone is 1. The Morgan fingerprint density at radius 1 is 1.33 bits per heavy atom. The third-order valence-electron chi connectivity index (χ3n) is 2.50. The normalized spacial score (nSPS) is 19.0. The van der Waals surface area contributed by atoms with Gasteiger partial charge in [-0.15, -0.1) is 0 Å². The Morgan fingerprint density at radius 3 is 2.73 bits per heavy atom. The van der Waals surface area contributed by atoms with Crippen molar-refractivity contribution in [3.05, 3.63) is 60.0 Å². The van der Waals surface area contributed by atoms with Crippen molar-refractivity contribution in [2.24, 2.45) is 4.99 Å². The average molecular weight is 201 g/mol. The number of aliphatic imine (C=N–C) groups is 1. The minimum atomic E-state index is -0.201. The van der Waals surface area contributed by atoms with Gasteiger partial charge in [-0.25, -0.2) is 4.39 Å². The van der Waals surface area contributed by atoms with Gasteiger partial charge in [0.05, 0.1) is 6.04 Å². The van der Waals surface area contributed by atoms with Crippen molar-refractivity contribution in [1.29, 1.82) is 0 Å². The third kappa shape index (κ3) is 2.21. The summed E-state index contributed by atoms with van der Waals surface area (Å²) in [5.74, 6) is -0.201. The summed E-state index contributed by atoms with van der Waals surface area (Å²) in [6.07, 6.45) is 6.38. The van der Waals surface area contributed by atoms with Crippen LogP contribution in [0.1, 0.15) is 5.56 Å². The molecule has 2 heteroatoms. The molecule has 0 spiro atoms. The van der Waals surface area contributed by atoms with Crippen LogP contribution in [0.25, 0.3) is 0 Å². The summed E-state index contributed by atoms with van der Waals surface area (Å²) in [4.78, 5) is 4.32. The van der Waals surface area contributed by atoms with E-state index < -0.39 is 0 Å². The fraction of sp³-hybridized carbons (Fsp3) is 0.154. The second kappa shape index (κ2) is 4.22. The smallest absolute Gasteiger partial charge is 0.123 e. The van der Waals surface area contributed by atoms with Crippen LogP contribution in [-0.4, -0.2) is 12.3 Å². The van der Waals surface area contributed by atoms with Crippen LogP contribution in [0.15, 0.2) is 53.6 Å². The molecule has 0 saturated carbocycles. The van der Waals surface area contributed by atoms with E-state index in [4.69, 9.17) is 0 Å². The van der Waals surface area contributed by atoms with E-state index in [0.717, 1.165) is 17.6 Å². The van der Waals surface area contributed by atoms with E-state index in [1.54, 1.807) is 18.3 Å². The SMILES string of the molecule is C=CC1=CC=NC1Cc1ccc(F)cc1. The van der Waals surface area contributed by atoms with Gasteiger partial charge >= 0.3 is 0 Å². The molecular weight excluding hydrogens is 189 g/mol. The van der Waals surface area contributed by atoms with Crippen LogP contribution in [-0.2, 0) is 6.42 Å². The van der Waals surface area contributed by atoms with Crippen LogP contribution in [0.5, 0.6) is 0 Å². The summed E-state index contributed by atoms with van der Waals surface area (Å²) in [6, 6.07) is 6.69. The van der Waals surface area contributed by atoms with Gasteiger partial charge < -0.3 is 0 Å². The zero-order valence-electron chi connectivity index (χ0n) is 8.36. The first-order valence-corrected chi connectivity index (χ1v) is 4.90. The first-order valence-electron chi connectivity index (χ1n) is 4.90. The molecule has 1 nitrogen and oxygen atoms in total. The Morgan fingerprint density at radius 2 is 2.07 bits per heavy atom. The highest BCUT2D eigenvalue weighted by Crippen LogP contribution is 2.17. The molecule has 0 aliphatic carbocycles. The maximum absolute atomic E-state index is 12.7. The predicted molar refractivity (Wildman–Crippen MR) is 60.7 cm³/mol. The summed E-state index contributed by atoms with van der Waals surface area (Å²) in [6.45, 7) is 3.74. The van der Waals surface area contributed by atoms with E-state index in [9.17, 15) is 4.39 Å². The van der Waals surface area contributed by atoms with Gasteiger partial charge in [0.2, 0.25) is 0 Å². The molecule has 0 bridgehead atoms. The minimum absolute atomic E-state index is 0.146. The zero-order chi connectivity index (χ0) is 10.7. The molecule has 0 saturated heterocycles. The molecule has 1 heterocycles. The predicted octanol–water partition coefficient (Wildman–Crippen LogP) is 2.93. The van der Waals surface area contributed by atoms with E-state index in [2.05, 4.69) is 11.6 Å². The monoisotopic (exact) mass is 201 g/mol. The molecular formula is C13H12FN. The lowest BCUT2D eigenvalue weighted by Crippen LogP contribution is -2.07.